The van der Waals surface area contributed by atoms with E-state index in [9.17, 15) is 4.79 Å². The van der Waals surface area contributed by atoms with Gasteiger partial charge in [-0.2, -0.15) is 10.2 Å². The van der Waals surface area contributed by atoms with Crippen molar-refractivity contribution in [1.82, 2.24) is 15.2 Å². The van der Waals surface area contributed by atoms with Crippen LogP contribution in [-0.2, 0) is 0 Å². The van der Waals surface area contributed by atoms with Crippen LogP contribution in [0, 0.1) is 6.92 Å². The van der Waals surface area contributed by atoms with Crippen LogP contribution >= 0.6 is 0 Å². The Bertz CT molecular complexity index is 1430. The quantitative estimate of drug-likeness (QED) is 0.262. The van der Waals surface area contributed by atoms with Crippen LogP contribution in [0.4, 0.5) is 0 Å². The van der Waals surface area contributed by atoms with E-state index in [1.807, 2.05) is 61.5 Å². The number of amides is 1. The Balaban J connectivity index is 1.50. The smallest absolute Gasteiger partial charge is 0.291 e. The summed E-state index contributed by atoms with van der Waals surface area (Å²) >= 11 is 0. The largest absolute Gasteiger partial charge is 0.463 e. The minimum Gasteiger partial charge on any atom is -0.463 e. The molecule has 34 heavy (non-hydrogen) atoms. The number of para-hydroxylation sites is 1. The topological polar surface area (TPSA) is 72.4 Å². The normalized spacial score (nSPS) is 11.1. The highest BCUT2D eigenvalue weighted by molar-refractivity contribution is 5.94. The van der Waals surface area contributed by atoms with Crippen molar-refractivity contribution >= 4 is 12.1 Å². The molecule has 6 nitrogen and oxygen atoms in total. The number of aryl methyl sites for hydroxylation is 1. The molecule has 0 saturated carbocycles. The third kappa shape index (κ3) is 4.42. The van der Waals surface area contributed by atoms with Gasteiger partial charge < -0.3 is 4.42 Å². The molecule has 5 rings (SSSR count). The van der Waals surface area contributed by atoms with Crippen molar-refractivity contribution in [2.45, 2.75) is 6.92 Å². The number of benzene rings is 3. The van der Waals surface area contributed by atoms with Gasteiger partial charge in [-0.05, 0) is 47.9 Å². The molecule has 5 aromatic rings. The SMILES string of the molecule is Cc1ccccc1-n1nc(C(=O)N/N=C\c2ccco2)cc1-c1ccc(-c2ccccc2)cc1. The van der Waals surface area contributed by atoms with Crippen LogP contribution in [0.25, 0.3) is 28.1 Å². The molecule has 0 saturated heterocycles. The lowest BCUT2D eigenvalue weighted by Crippen LogP contribution is -2.18. The van der Waals surface area contributed by atoms with Crippen molar-refractivity contribution in [3.63, 3.8) is 0 Å². The summed E-state index contributed by atoms with van der Waals surface area (Å²) in [7, 11) is 0. The second kappa shape index (κ2) is 9.42. The first-order chi connectivity index (χ1) is 16.7. The van der Waals surface area contributed by atoms with Crippen LogP contribution in [0.5, 0.6) is 0 Å². The Morgan fingerprint density at radius 2 is 1.59 bits per heavy atom. The maximum Gasteiger partial charge on any atom is 0.291 e. The highest BCUT2D eigenvalue weighted by Gasteiger charge is 2.17. The summed E-state index contributed by atoms with van der Waals surface area (Å²) in [6, 6.07) is 31.7. The number of rotatable bonds is 6. The third-order valence-electron chi connectivity index (χ3n) is 5.47. The molecule has 0 aliphatic rings. The van der Waals surface area contributed by atoms with E-state index in [-0.39, 0.29) is 5.69 Å². The molecular weight excluding hydrogens is 424 g/mol. The van der Waals surface area contributed by atoms with Crippen LogP contribution in [0.2, 0.25) is 0 Å². The molecule has 0 spiro atoms. The molecular formula is C28H22N4O2. The molecule has 1 N–H and O–H groups in total. The molecule has 3 aromatic carbocycles. The number of hydrazone groups is 1. The number of nitrogens with one attached hydrogen (secondary N) is 1. The number of furan rings is 1. The lowest BCUT2D eigenvalue weighted by atomic mass is 10.0. The van der Waals surface area contributed by atoms with Gasteiger partial charge >= 0.3 is 0 Å². The Hall–Kier alpha value is -4.71. The van der Waals surface area contributed by atoms with E-state index in [4.69, 9.17) is 4.42 Å². The first kappa shape index (κ1) is 21.2. The van der Waals surface area contributed by atoms with Crippen LogP contribution in [0.15, 0.2) is 113 Å². The molecule has 0 unspecified atom stereocenters. The highest BCUT2D eigenvalue weighted by Crippen LogP contribution is 2.28. The second-order valence-electron chi connectivity index (χ2n) is 7.77. The van der Waals surface area contributed by atoms with E-state index >= 15 is 0 Å². The lowest BCUT2D eigenvalue weighted by molar-refractivity contribution is 0.0949. The van der Waals surface area contributed by atoms with Crippen molar-refractivity contribution in [3.8, 4) is 28.1 Å². The molecule has 0 aliphatic heterocycles. The first-order valence-electron chi connectivity index (χ1n) is 10.9. The number of hydrogen-bond acceptors (Lipinski definition) is 4. The van der Waals surface area contributed by atoms with E-state index in [1.54, 1.807) is 29.1 Å². The van der Waals surface area contributed by atoms with Gasteiger partial charge in [0.2, 0.25) is 0 Å². The fourth-order valence-corrected chi connectivity index (χ4v) is 3.72. The molecule has 0 aliphatic carbocycles. The van der Waals surface area contributed by atoms with Gasteiger partial charge in [-0.1, -0.05) is 72.8 Å². The van der Waals surface area contributed by atoms with E-state index in [1.165, 1.54) is 6.21 Å². The summed E-state index contributed by atoms with van der Waals surface area (Å²) in [5, 5.41) is 8.59. The summed E-state index contributed by atoms with van der Waals surface area (Å²) in [6.45, 7) is 2.02. The average Bonchev–Trinajstić information content (AvgIpc) is 3.55. The zero-order chi connectivity index (χ0) is 23.3. The van der Waals surface area contributed by atoms with Gasteiger partial charge in [0.05, 0.1) is 23.9 Å². The van der Waals surface area contributed by atoms with E-state index in [2.05, 4.69) is 39.9 Å². The number of hydrogen-bond donors (Lipinski definition) is 1. The molecule has 0 atom stereocenters. The van der Waals surface area contributed by atoms with Gasteiger partial charge in [-0.25, -0.2) is 10.1 Å². The summed E-state index contributed by atoms with van der Waals surface area (Å²) in [4.78, 5) is 12.8. The number of aromatic nitrogens is 2. The van der Waals surface area contributed by atoms with Gasteiger partial charge in [-0.15, -0.1) is 0 Å². The summed E-state index contributed by atoms with van der Waals surface area (Å²) in [5.74, 6) is 0.141. The molecule has 0 radical (unpaired) electrons. The summed E-state index contributed by atoms with van der Waals surface area (Å²) in [5.41, 5.74) is 8.78. The summed E-state index contributed by atoms with van der Waals surface area (Å²) in [6.07, 6.45) is 2.99. The van der Waals surface area contributed by atoms with Gasteiger partial charge in [0.1, 0.15) is 5.76 Å². The highest BCUT2D eigenvalue weighted by atomic mass is 16.3. The molecule has 1 amide bonds. The monoisotopic (exact) mass is 446 g/mol. The molecule has 166 valence electrons. The van der Waals surface area contributed by atoms with Gasteiger partial charge in [0, 0.05) is 5.56 Å². The van der Waals surface area contributed by atoms with Crippen LogP contribution < -0.4 is 5.43 Å². The van der Waals surface area contributed by atoms with Crippen molar-refractivity contribution in [3.05, 3.63) is 120 Å². The van der Waals surface area contributed by atoms with Crippen LogP contribution in [-0.4, -0.2) is 21.9 Å². The van der Waals surface area contributed by atoms with Crippen molar-refractivity contribution in [1.29, 1.82) is 0 Å². The Morgan fingerprint density at radius 1 is 0.882 bits per heavy atom. The Morgan fingerprint density at radius 3 is 2.32 bits per heavy atom. The van der Waals surface area contributed by atoms with E-state index in [0.29, 0.717) is 5.76 Å². The molecule has 6 heteroatoms. The van der Waals surface area contributed by atoms with Crippen molar-refractivity contribution in [2.75, 3.05) is 0 Å². The minimum absolute atomic E-state index is 0.266. The predicted octanol–water partition coefficient (Wildman–Crippen LogP) is 5.87. The lowest BCUT2D eigenvalue weighted by Gasteiger charge is -2.11. The minimum atomic E-state index is -0.405. The molecule has 2 aromatic heterocycles. The zero-order valence-corrected chi connectivity index (χ0v) is 18.6. The maximum atomic E-state index is 12.8. The van der Waals surface area contributed by atoms with E-state index < -0.39 is 5.91 Å². The fourth-order valence-electron chi connectivity index (χ4n) is 3.72. The molecule has 0 fully saturated rings. The van der Waals surface area contributed by atoms with Crippen LogP contribution in [0.3, 0.4) is 0 Å². The van der Waals surface area contributed by atoms with E-state index in [0.717, 1.165) is 33.6 Å². The number of carbonyl (C=O) groups is 1. The standard InChI is InChI=1S/C28H22N4O2/c1-20-8-5-6-12-26(20)32-27(23-15-13-22(14-16-23)21-9-3-2-4-10-21)18-25(31-32)28(33)30-29-19-24-11-7-17-34-24/h2-19H,1H3,(H,30,33)/b29-19-. The third-order valence-corrected chi connectivity index (χ3v) is 5.47. The fraction of sp³-hybridized carbons (Fsp3) is 0.0357. The van der Waals surface area contributed by atoms with Gasteiger partial charge in [0.25, 0.3) is 5.91 Å². The maximum absolute atomic E-state index is 12.8. The zero-order valence-electron chi connectivity index (χ0n) is 18.6. The number of carbonyl (C=O) groups excluding carboxylic acids is 1. The number of nitrogens with zero attached hydrogens (tertiary/aromatic N) is 3. The van der Waals surface area contributed by atoms with Gasteiger partial charge in [0.15, 0.2) is 5.69 Å². The first-order valence-corrected chi connectivity index (χ1v) is 10.9. The molecule has 2 heterocycles. The van der Waals surface area contributed by atoms with Crippen LogP contribution in [0.1, 0.15) is 21.8 Å². The van der Waals surface area contributed by atoms with Crippen molar-refractivity contribution in [2.24, 2.45) is 5.10 Å². The Kier molecular flexibility index (Phi) is 5.86. The van der Waals surface area contributed by atoms with Crippen molar-refractivity contribution < 1.29 is 9.21 Å². The predicted molar refractivity (Wildman–Crippen MR) is 133 cm³/mol. The van der Waals surface area contributed by atoms with Gasteiger partial charge in [-0.3, -0.25) is 4.79 Å². The summed E-state index contributed by atoms with van der Waals surface area (Å²) < 4.78 is 7.00. The molecule has 0 bridgehead atoms. The average molecular weight is 447 g/mol. The Labute approximate surface area is 197 Å². The second-order valence-corrected chi connectivity index (χ2v) is 7.77.